The molecule has 0 saturated heterocycles. The second kappa shape index (κ2) is 7.69. The average molecular weight is 404 g/mol. The summed E-state index contributed by atoms with van der Waals surface area (Å²) in [7, 11) is 0. The molecule has 2 heterocycles. The van der Waals surface area contributed by atoms with E-state index in [1.165, 1.54) is 30.0 Å². The molecule has 8 heteroatoms. The van der Waals surface area contributed by atoms with Crippen LogP contribution >= 0.6 is 35.3 Å². The molecule has 3 aromatic rings. The monoisotopic (exact) mass is 403 g/mol. The first-order chi connectivity index (χ1) is 12.4. The predicted molar refractivity (Wildman–Crippen MR) is 108 cm³/mol. The van der Waals surface area contributed by atoms with Crippen LogP contribution in [0.4, 0.5) is 0 Å². The molecule has 0 radical (unpaired) electrons. The Labute approximate surface area is 164 Å². The molecule has 0 unspecified atom stereocenters. The molecule has 2 aromatic heterocycles. The molecule has 0 aliphatic heterocycles. The molecule has 0 atom stereocenters. The van der Waals surface area contributed by atoms with Crippen molar-refractivity contribution >= 4 is 46.9 Å². The number of carbonyl (C=O) groups excluding carboxylic acids is 2. The predicted octanol–water partition coefficient (Wildman–Crippen LogP) is 4.79. The average Bonchev–Trinajstić information content (AvgIpc) is 3.12. The summed E-state index contributed by atoms with van der Waals surface area (Å²) in [6.07, 6.45) is 0. The number of rotatable bonds is 6. The van der Waals surface area contributed by atoms with Gasteiger partial charge in [0, 0.05) is 11.3 Å². The van der Waals surface area contributed by atoms with E-state index in [0.29, 0.717) is 20.8 Å². The number of thioether (sulfide) groups is 1. The molecule has 0 saturated carbocycles. The molecule has 3 rings (SSSR count). The van der Waals surface area contributed by atoms with Crippen LogP contribution in [0.5, 0.6) is 0 Å². The number of aromatic amines is 1. The molecular formula is C18H17N3O2S3. The number of aromatic nitrogens is 3. The first-order valence-electron chi connectivity index (χ1n) is 7.90. The fourth-order valence-corrected chi connectivity index (χ4v) is 5.04. The molecule has 5 nitrogen and oxygen atoms in total. The summed E-state index contributed by atoms with van der Waals surface area (Å²) in [6, 6.07) is 9.65. The number of nitrogens with one attached hydrogen (secondary N) is 1. The fourth-order valence-electron chi connectivity index (χ4n) is 2.81. The maximum Gasteiger partial charge on any atom is 0.189 e. The van der Waals surface area contributed by atoms with Crippen molar-refractivity contribution in [3.8, 4) is 5.69 Å². The highest BCUT2D eigenvalue weighted by Gasteiger charge is 2.20. The second-order valence-electron chi connectivity index (χ2n) is 5.77. The summed E-state index contributed by atoms with van der Waals surface area (Å²) in [5, 5.41) is 4.50. The Morgan fingerprint density at radius 1 is 1.27 bits per heavy atom. The van der Waals surface area contributed by atoms with Gasteiger partial charge in [0.05, 0.1) is 17.1 Å². The number of nitrogens with zero attached hydrogens (tertiary/aromatic N) is 2. The Hall–Kier alpha value is -2.03. The number of Topliss-reactive ketones (excluding diaryl/α,β-unsaturated/α-hetero) is 2. The summed E-state index contributed by atoms with van der Waals surface area (Å²) < 4.78 is 3.07. The molecule has 1 N–H and O–H groups in total. The van der Waals surface area contributed by atoms with Crippen molar-refractivity contribution in [3.63, 3.8) is 0 Å². The van der Waals surface area contributed by atoms with Gasteiger partial charge >= 0.3 is 0 Å². The van der Waals surface area contributed by atoms with Crippen LogP contribution in [0.15, 0.2) is 34.7 Å². The van der Waals surface area contributed by atoms with Crippen molar-refractivity contribution in [1.29, 1.82) is 0 Å². The van der Waals surface area contributed by atoms with Crippen LogP contribution in [-0.4, -0.2) is 32.1 Å². The quantitative estimate of drug-likeness (QED) is 0.364. The fraction of sp³-hybridized carbons (Fsp3) is 0.222. The van der Waals surface area contributed by atoms with Gasteiger partial charge in [-0.2, -0.15) is 0 Å². The van der Waals surface area contributed by atoms with Crippen molar-refractivity contribution < 1.29 is 9.59 Å². The molecule has 1 aromatic carbocycles. The first-order valence-corrected chi connectivity index (χ1v) is 10.1. The molecule has 0 aliphatic carbocycles. The lowest BCUT2D eigenvalue weighted by molar-refractivity contribution is 0.101. The van der Waals surface area contributed by atoms with Crippen LogP contribution in [0.25, 0.3) is 5.69 Å². The zero-order valence-corrected chi connectivity index (χ0v) is 17.0. The van der Waals surface area contributed by atoms with Crippen LogP contribution in [0, 0.1) is 17.8 Å². The highest BCUT2D eigenvalue weighted by Crippen LogP contribution is 2.26. The summed E-state index contributed by atoms with van der Waals surface area (Å²) >= 11 is 8.10. The third-order valence-corrected chi connectivity index (χ3v) is 6.29. The van der Waals surface area contributed by atoms with Gasteiger partial charge < -0.3 is 4.98 Å². The molecule has 0 aliphatic rings. The highest BCUT2D eigenvalue weighted by atomic mass is 32.2. The van der Waals surface area contributed by atoms with E-state index in [2.05, 4.69) is 10.1 Å². The molecule has 0 bridgehead atoms. The summed E-state index contributed by atoms with van der Waals surface area (Å²) in [5.74, 6) is 0.132. The highest BCUT2D eigenvalue weighted by molar-refractivity contribution is 8.01. The molecule has 0 amide bonds. The van der Waals surface area contributed by atoms with Crippen LogP contribution in [0.3, 0.4) is 0 Å². The smallest absolute Gasteiger partial charge is 0.189 e. The van der Waals surface area contributed by atoms with Crippen LogP contribution in [0.1, 0.15) is 39.0 Å². The van der Waals surface area contributed by atoms with E-state index in [4.69, 9.17) is 12.2 Å². The Morgan fingerprint density at radius 3 is 2.58 bits per heavy atom. The van der Waals surface area contributed by atoms with Crippen LogP contribution in [0.2, 0.25) is 0 Å². The minimum absolute atomic E-state index is 0.0393. The number of aryl methyl sites for hydroxylation is 1. The number of para-hydroxylation sites is 1. The van der Waals surface area contributed by atoms with Gasteiger partial charge in [-0.15, -0.1) is 5.10 Å². The number of benzene rings is 1. The Balaban J connectivity index is 1.76. The minimum atomic E-state index is -0.0597. The largest absolute Gasteiger partial charge is 0.355 e. The molecule has 26 heavy (non-hydrogen) atoms. The van der Waals surface area contributed by atoms with Crippen molar-refractivity contribution in [2.24, 2.45) is 0 Å². The molecule has 0 fully saturated rings. The van der Waals surface area contributed by atoms with E-state index in [0.717, 1.165) is 15.7 Å². The van der Waals surface area contributed by atoms with Gasteiger partial charge in [0.15, 0.2) is 19.9 Å². The van der Waals surface area contributed by atoms with E-state index in [1.807, 2.05) is 30.3 Å². The third-order valence-electron chi connectivity index (χ3n) is 3.93. The molecular weight excluding hydrogens is 386 g/mol. The molecule has 134 valence electrons. The Morgan fingerprint density at radius 2 is 1.96 bits per heavy atom. The van der Waals surface area contributed by atoms with Gasteiger partial charge in [-0.1, -0.05) is 41.3 Å². The number of ketones is 2. The van der Waals surface area contributed by atoms with Crippen molar-refractivity contribution in [3.05, 3.63) is 56.8 Å². The van der Waals surface area contributed by atoms with Crippen molar-refractivity contribution in [2.45, 2.75) is 25.1 Å². The van der Waals surface area contributed by atoms with Gasteiger partial charge in [0.1, 0.15) is 0 Å². The van der Waals surface area contributed by atoms with Gasteiger partial charge in [0.2, 0.25) is 0 Å². The van der Waals surface area contributed by atoms with Gasteiger partial charge in [0.25, 0.3) is 0 Å². The van der Waals surface area contributed by atoms with E-state index in [9.17, 15) is 9.59 Å². The number of H-pyrrole nitrogens is 1. The standard InChI is InChI=1S/C18H17N3O2S3/c1-10-15(12(3)22)11(2)19-16(10)14(23)9-25-17-20-21(18(24)26-17)13-7-5-4-6-8-13/h4-8,19H,9H2,1-3H3. The molecule has 0 spiro atoms. The van der Waals surface area contributed by atoms with E-state index < -0.39 is 0 Å². The maximum atomic E-state index is 12.6. The lowest BCUT2D eigenvalue weighted by Crippen LogP contribution is -2.05. The first kappa shape index (κ1) is 18.8. The Kier molecular flexibility index (Phi) is 5.55. The number of hydrogen-bond donors (Lipinski definition) is 1. The lowest BCUT2D eigenvalue weighted by Gasteiger charge is -2.00. The van der Waals surface area contributed by atoms with E-state index in [-0.39, 0.29) is 17.3 Å². The number of carbonyl (C=O) groups is 2. The van der Waals surface area contributed by atoms with Crippen molar-refractivity contribution in [1.82, 2.24) is 14.8 Å². The summed E-state index contributed by atoms with van der Waals surface area (Å²) in [6.45, 7) is 5.11. The maximum absolute atomic E-state index is 12.6. The Bertz CT molecular complexity index is 1030. The van der Waals surface area contributed by atoms with Gasteiger partial charge in [-0.25, -0.2) is 4.68 Å². The van der Waals surface area contributed by atoms with E-state index in [1.54, 1.807) is 18.5 Å². The SMILES string of the molecule is CC(=O)c1c(C)[nH]c(C(=O)CSc2nn(-c3ccccc3)c(=S)s2)c1C. The zero-order valence-electron chi connectivity index (χ0n) is 14.5. The van der Waals surface area contributed by atoms with Crippen LogP contribution < -0.4 is 0 Å². The summed E-state index contributed by atoms with van der Waals surface area (Å²) in [4.78, 5) is 27.3. The third kappa shape index (κ3) is 3.72. The van der Waals surface area contributed by atoms with Gasteiger partial charge in [-0.05, 0) is 50.7 Å². The zero-order chi connectivity index (χ0) is 18.8. The minimum Gasteiger partial charge on any atom is -0.355 e. The van der Waals surface area contributed by atoms with Gasteiger partial charge in [-0.3, -0.25) is 9.59 Å². The second-order valence-corrected chi connectivity index (χ2v) is 8.62. The van der Waals surface area contributed by atoms with Crippen molar-refractivity contribution in [2.75, 3.05) is 5.75 Å². The van der Waals surface area contributed by atoms with E-state index >= 15 is 0 Å². The topological polar surface area (TPSA) is 67.8 Å². The lowest BCUT2D eigenvalue weighted by atomic mass is 10.1. The normalized spacial score (nSPS) is 10.9. The summed E-state index contributed by atoms with van der Waals surface area (Å²) in [5.41, 5.74) is 3.43. The van der Waals surface area contributed by atoms with Crippen LogP contribution in [-0.2, 0) is 0 Å². The number of hydrogen-bond acceptors (Lipinski definition) is 6.